The van der Waals surface area contributed by atoms with Crippen LogP contribution in [-0.4, -0.2) is 117 Å². The van der Waals surface area contributed by atoms with E-state index >= 15 is 4.79 Å². The molecule has 426 valence electrons. The molecule has 3 heterocycles. The summed E-state index contributed by atoms with van der Waals surface area (Å²) >= 11 is 0. The Morgan fingerprint density at radius 2 is 1.50 bits per heavy atom. The van der Waals surface area contributed by atoms with E-state index in [1.165, 1.54) is 68.5 Å². The Bertz CT molecular complexity index is 3000. The average Bonchev–Trinajstić information content (AvgIpc) is 4.11. The number of esters is 2. The van der Waals surface area contributed by atoms with Gasteiger partial charge in [0.2, 0.25) is 5.89 Å². The molecular formula is C61H83N3O14. The minimum absolute atomic E-state index is 0.00498. The first kappa shape index (κ1) is 61.0. The van der Waals surface area contributed by atoms with Crippen molar-refractivity contribution >= 4 is 51.3 Å². The Morgan fingerprint density at radius 1 is 0.885 bits per heavy atom. The number of aliphatic hydroxyl groups is 2. The molecule has 2 aliphatic heterocycles. The van der Waals surface area contributed by atoms with E-state index in [2.05, 4.69) is 42.7 Å². The van der Waals surface area contributed by atoms with Crippen LogP contribution in [0.2, 0.25) is 0 Å². The number of aliphatic hydroxyl groups excluding tert-OH is 2. The van der Waals surface area contributed by atoms with Crippen molar-refractivity contribution in [2.75, 3.05) is 38.2 Å². The summed E-state index contributed by atoms with van der Waals surface area (Å²) in [6, 6.07) is 4.40. The number of fused-ring (bicyclic) bond motifs is 5. The van der Waals surface area contributed by atoms with Crippen molar-refractivity contribution in [3.05, 3.63) is 87.5 Å². The number of Topliss-reactive ketones (excluding diaryl/α,β-unsaturated/α-hetero) is 1. The molecule has 4 aromatic rings. The summed E-state index contributed by atoms with van der Waals surface area (Å²) in [6.07, 6.45) is 3.40. The lowest BCUT2D eigenvalue weighted by molar-refractivity contribution is -0.160. The first-order valence-corrected chi connectivity index (χ1v) is 26.9. The number of aryl methyl sites for hydroxylation is 3. The molecule has 0 radical (unpaired) electrons. The summed E-state index contributed by atoms with van der Waals surface area (Å²) < 4.78 is 37.5. The minimum Gasteiger partial charge on any atom is -0.505 e. The number of aromatic hydroxyl groups is 1. The van der Waals surface area contributed by atoms with E-state index in [9.17, 15) is 34.8 Å². The maximum Gasteiger partial charge on any atom is 0.331 e. The van der Waals surface area contributed by atoms with Crippen molar-refractivity contribution in [2.24, 2.45) is 29.1 Å². The highest BCUT2D eigenvalue weighted by molar-refractivity contribution is 6.26. The molecule has 1 aromatic heterocycles. The number of aromatic nitrogens is 1. The third kappa shape index (κ3) is 12.6. The van der Waals surface area contributed by atoms with E-state index in [1.807, 2.05) is 20.8 Å². The molecule has 0 aliphatic carbocycles. The number of methoxy groups -OCH3 is 1. The van der Waals surface area contributed by atoms with Crippen LogP contribution in [0.3, 0.4) is 0 Å². The molecule has 4 N–H and O–H groups in total. The smallest absolute Gasteiger partial charge is 0.331 e. The summed E-state index contributed by atoms with van der Waals surface area (Å²) in [6.45, 7) is 33.3. The summed E-state index contributed by atoms with van der Waals surface area (Å²) in [4.78, 5) is 62.5. The van der Waals surface area contributed by atoms with Crippen LogP contribution in [0.15, 0.2) is 52.7 Å². The van der Waals surface area contributed by atoms with E-state index in [-0.39, 0.29) is 50.3 Å². The van der Waals surface area contributed by atoms with Crippen LogP contribution in [0.5, 0.6) is 17.2 Å². The largest absolute Gasteiger partial charge is 0.505 e. The first-order valence-electron chi connectivity index (χ1n) is 26.9. The topological polar surface area (TPSA) is 228 Å². The molecule has 2 aliphatic rings. The number of phenols is 1. The quantitative estimate of drug-likeness (QED) is 0.0225. The second kappa shape index (κ2) is 23.6. The van der Waals surface area contributed by atoms with Crippen molar-refractivity contribution in [1.82, 2.24) is 9.88 Å². The number of ether oxygens (including phenoxy) is 5. The maximum atomic E-state index is 15.2. The van der Waals surface area contributed by atoms with Crippen LogP contribution in [-0.2, 0) is 40.6 Å². The van der Waals surface area contributed by atoms with Gasteiger partial charge in [-0.3, -0.25) is 19.3 Å². The van der Waals surface area contributed by atoms with Crippen molar-refractivity contribution in [3.8, 4) is 17.2 Å². The fraction of sp³-hybridized carbons (Fsp3) is 0.557. The van der Waals surface area contributed by atoms with E-state index in [1.54, 1.807) is 67.5 Å². The number of piperazine rings is 1. The molecule has 17 heteroatoms. The lowest BCUT2D eigenvalue weighted by Crippen LogP contribution is -2.46. The Labute approximate surface area is 459 Å². The number of anilines is 1. The number of allylic oxidation sites excluding steroid dienone is 2. The van der Waals surface area contributed by atoms with E-state index in [4.69, 9.17) is 33.1 Å². The van der Waals surface area contributed by atoms with Gasteiger partial charge in [0.25, 0.3) is 5.78 Å². The predicted molar refractivity (Wildman–Crippen MR) is 299 cm³/mol. The number of hydrogen-bond acceptors (Lipinski definition) is 16. The Kier molecular flexibility index (Phi) is 18.4. The molecule has 17 nitrogen and oxygen atoms in total. The molecule has 6 rings (SSSR count). The third-order valence-corrected chi connectivity index (χ3v) is 15.4. The van der Waals surface area contributed by atoms with Crippen LogP contribution in [0, 0.1) is 56.8 Å². The number of benzene rings is 3. The van der Waals surface area contributed by atoms with Gasteiger partial charge in [0.15, 0.2) is 5.58 Å². The normalized spacial score (nSPS) is 19.9. The lowest BCUT2D eigenvalue weighted by atomic mass is 9.78. The van der Waals surface area contributed by atoms with Gasteiger partial charge >= 0.3 is 23.7 Å². The van der Waals surface area contributed by atoms with Crippen LogP contribution in [0.1, 0.15) is 134 Å². The van der Waals surface area contributed by atoms with Crippen LogP contribution < -0.4 is 14.4 Å². The second-order valence-electron chi connectivity index (χ2n) is 23.9. The monoisotopic (exact) mass is 1080 g/mol. The Balaban J connectivity index is 1.37. The Hall–Kier alpha value is -6.27. The van der Waals surface area contributed by atoms with Crippen molar-refractivity contribution in [2.45, 2.75) is 160 Å². The first-order chi connectivity index (χ1) is 36.2. The van der Waals surface area contributed by atoms with Gasteiger partial charge in [0, 0.05) is 99.3 Å². The molecule has 0 bridgehead atoms. The molecule has 0 saturated carbocycles. The van der Waals surface area contributed by atoms with Crippen LogP contribution >= 0.6 is 0 Å². The van der Waals surface area contributed by atoms with E-state index < -0.39 is 88.4 Å². The molecule has 0 unspecified atom stereocenters. The molecule has 0 amide bonds. The summed E-state index contributed by atoms with van der Waals surface area (Å²) in [5, 5.41) is 45.3. The molecule has 3 aromatic carbocycles. The summed E-state index contributed by atoms with van der Waals surface area (Å²) in [5.74, 6) is -7.33. The van der Waals surface area contributed by atoms with Gasteiger partial charge in [-0.1, -0.05) is 84.4 Å². The molecular weight excluding hydrogens is 1000 g/mol. The second-order valence-corrected chi connectivity index (χ2v) is 23.9. The number of hydrogen-bond donors (Lipinski definition) is 4. The fourth-order valence-corrected chi connectivity index (χ4v) is 10.6. The molecule has 0 spiro atoms. The van der Waals surface area contributed by atoms with Crippen molar-refractivity contribution in [1.29, 1.82) is 0 Å². The molecule has 78 heavy (non-hydrogen) atoms. The molecule has 9 atom stereocenters. The van der Waals surface area contributed by atoms with Gasteiger partial charge < -0.3 is 53.4 Å². The molecule has 1 fully saturated rings. The van der Waals surface area contributed by atoms with Gasteiger partial charge in [-0.2, -0.15) is 0 Å². The van der Waals surface area contributed by atoms with Gasteiger partial charge in [0.05, 0.1) is 40.9 Å². The number of phenolic OH excluding ortho intramolecular Hbond substituents is 1. The number of aliphatic carboxylic acids is 1. The zero-order chi connectivity index (χ0) is 58.3. The van der Waals surface area contributed by atoms with Crippen molar-refractivity contribution < 1.29 is 67.7 Å². The van der Waals surface area contributed by atoms with Crippen LogP contribution in [0.4, 0.5) is 5.69 Å². The van der Waals surface area contributed by atoms with Crippen molar-refractivity contribution in [3.63, 3.8) is 0 Å². The Morgan fingerprint density at radius 3 is 2.05 bits per heavy atom. The third-order valence-electron chi connectivity index (χ3n) is 15.4. The number of nitrogens with zero attached hydrogens (tertiary/aromatic N) is 3. The molecule has 1 saturated heterocycles. The lowest BCUT2D eigenvalue weighted by Gasteiger charge is -2.38. The summed E-state index contributed by atoms with van der Waals surface area (Å²) in [7, 11) is 1.45. The minimum atomic E-state index is -2.04. The zero-order valence-electron chi connectivity index (χ0n) is 48.9. The van der Waals surface area contributed by atoms with Gasteiger partial charge in [0.1, 0.15) is 34.6 Å². The predicted octanol–water partition coefficient (Wildman–Crippen LogP) is 10.1. The van der Waals surface area contributed by atoms with E-state index in [0.29, 0.717) is 43.3 Å². The summed E-state index contributed by atoms with van der Waals surface area (Å²) in [5.41, 5.74) is 4.77. The SMILES string of the molecule is CO[C@@H](/C=C/O[C@@]1(C)Oc2c(C)c(OC(=O)C(C)(C)C)c3c(c(O)c(N4CCN([14CH2]c5c(C)cc(C)cc5C)CC4)c4nc(C(C)(C)C)oc43)c2C1=O)[C@@H](C)[C@@H](OC(C)=O)[C@H](C)[C@H](O)[C@H](C)[C@@H](O)[C@@H](C)/C=C/C=C(/C)C(=O)O. The number of rotatable bonds is 19. The fourth-order valence-electron chi connectivity index (χ4n) is 10.6. The number of carbonyl (C=O) groups excluding carboxylic acids is 3. The number of carboxylic acids is 1. The highest BCUT2D eigenvalue weighted by Crippen LogP contribution is 2.56. The standard InChI is InChI=1S/C61H83N3O14/c1-31-28-34(4)41(35(5)29-31)30-63-23-25-64(26-24-63)47-46-54(76-57(62-46)59(11,12)13)44-43(50(47)68)45-53(39(9)52(44)77-58(72)60(14,15)16)78-61(17,55(45)69)74-27-22-42(73-18)36(6)51(75-40(10)65)38(8)49(67)37(7)48(66)32(2)20-19-21-33(3)56(70)71/h19-22,27-29,32,36-38,42,48-49,51,66-68H,23-26,30H2,1-18H3,(H,70,71)/b20-19+,27-22+,33-21-/t32-,36+,37+,38+,42-,48-,49+,51+,61-/m0/s1/i30+2. The average molecular weight is 1080 g/mol. The van der Waals surface area contributed by atoms with Crippen LogP contribution in [0.25, 0.3) is 21.9 Å². The maximum absolute atomic E-state index is 15.2. The zero-order valence-corrected chi connectivity index (χ0v) is 48.9. The highest BCUT2D eigenvalue weighted by Gasteiger charge is 2.51. The number of oxazole rings is 1. The number of ketones is 1. The number of carbonyl (C=O) groups is 4. The van der Waals surface area contributed by atoms with Gasteiger partial charge in [-0.15, -0.1) is 0 Å². The van der Waals surface area contributed by atoms with E-state index in [0.717, 1.165) is 6.54 Å². The van der Waals surface area contributed by atoms with Gasteiger partial charge in [-0.05, 0) is 78.2 Å². The van der Waals surface area contributed by atoms with Gasteiger partial charge in [-0.25, -0.2) is 9.78 Å². The number of carboxylic acid groups (broad SMARTS) is 1. The highest BCUT2D eigenvalue weighted by atomic mass is 16.7.